The van der Waals surface area contributed by atoms with Crippen LogP contribution in [0.3, 0.4) is 0 Å². The predicted molar refractivity (Wildman–Crippen MR) is 123 cm³/mol. The molecule has 2 amide bonds. The molecule has 1 aromatic carbocycles. The van der Waals surface area contributed by atoms with Crippen LogP contribution in [0.2, 0.25) is 5.02 Å². The van der Waals surface area contributed by atoms with Crippen molar-refractivity contribution in [2.75, 3.05) is 18.5 Å². The molecule has 4 rings (SSSR count). The maximum absolute atomic E-state index is 15.2. The zero-order chi connectivity index (χ0) is 23.5. The molecule has 10 nitrogen and oxygen atoms in total. The lowest BCUT2D eigenvalue weighted by Crippen LogP contribution is -2.26. The van der Waals surface area contributed by atoms with Crippen LogP contribution >= 0.6 is 11.6 Å². The Morgan fingerprint density at radius 3 is 2.94 bits per heavy atom. The number of rotatable bonds is 8. The first-order valence-corrected chi connectivity index (χ1v) is 10.5. The van der Waals surface area contributed by atoms with Crippen molar-refractivity contribution in [3.63, 3.8) is 0 Å². The number of halogens is 2. The molecule has 1 aromatic heterocycles. The van der Waals surface area contributed by atoms with Gasteiger partial charge in [0.15, 0.2) is 5.82 Å². The second-order valence-corrected chi connectivity index (χ2v) is 7.90. The number of aromatic amines is 1. The minimum Gasteiger partial charge on any atom is -0.396 e. The van der Waals surface area contributed by atoms with Crippen LogP contribution in [0.1, 0.15) is 24.8 Å². The maximum atomic E-state index is 15.2. The number of H-pyrrole nitrogens is 1. The van der Waals surface area contributed by atoms with Gasteiger partial charge in [-0.25, -0.2) is 9.38 Å². The molecule has 2 heterocycles. The van der Waals surface area contributed by atoms with Crippen LogP contribution in [-0.2, 0) is 9.59 Å². The van der Waals surface area contributed by atoms with E-state index in [0.717, 1.165) is 12.8 Å². The van der Waals surface area contributed by atoms with Gasteiger partial charge in [0.05, 0.1) is 42.0 Å². The number of hydrogen-bond donors (Lipinski definition) is 4. The summed E-state index contributed by atoms with van der Waals surface area (Å²) in [7, 11) is 0. The summed E-state index contributed by atoms with van der Waals surface area (Å²) in [6.45, 7) is 3.50. The number of anilines is 1. The van der Waals surface area contributed by atoms with Gasteiger partial charge in [-0.1, -0.05) is 11.6 Å². The first kappa shape index (κ1) is 22.6. The number of nitrogens with zero attached hydrogens (tertiary/aromatic N) is 4. The molecule has 1 fully saturated rings. The fourth-order valence-corrected chi connectivity index (χ4v) is 3.62. The van der Waals surface area contributed by atoms with Gasteiger partial charge in [0.1, 0.15) is 11.5 Å². The second-order valence-electron chi connectivity index (χ2n) is 7.52. The third kappa shape index (κ3) is 4.78. The molecule has 0 unspecified atom stereocenters. The van der Waals surface area contributed by atoms with Crippen molar-refractivity contribution in [3.05, 3.63) is 40.8 Å². The quantitative estimate of drug-likeness (QED) is 0.436. The molecule has 33 heavy (non-hydrogen) atoms. The monoisotopic (exact) mass is 473 g/mol. The molecular formula is C21H21ClFN7O3. The predicted octanol–water partition coefficient (Wildman–Crippen LogP) is 2.39. The van der Waals surface area contributed by atoms with Crippen LogP contribution in [0.15, 0.2) is 34.4 Å². The van der Waals surface area contributed by atoms with Crippen LogP contribution in [0.25, 0.3) is 16.6 Å². The van der Waals surface area contributed by atoms with E-state index in [0.29, 0.717) is 17.6 Å². The van der Waals surface area contributed by atoms with E-state index in [2.05, 4.69) is 37.5 Å². The van der Waals surface area contributed by atoms with Gasteiger partial charge in [-0.2, -0.15) is 5.10 Å². The second kappa shape index (κ2) is 9.51. The van der Waals surface area contributed by atoms with Crippen LogP contribution in [0, 0.1) is 11.7 Å². The molecule has 0 saturated heterocycles. The van der Waals surface area contributed by atoms with Crippen molar-refractivity contribution >= 4 is 58.6 Å². The molecule has 0 bridgehead atoms. The van der Waals surface area contributed by atoms with Gasteiger partial charge in [0.25, 0.3) is 0 Å². The third-order valence-corrected chi connectivity index (χ3v) is 5.47. The molecule has 4 N–H and O–H groups in total. The van der Waals surface area contributed by atoms with E-state index in [4.69, 9.17) is 16.7 Å². The number of amides is 2. The molecular weight excluding hydrogens is 453 g/mol. The number of aromatic nitrogens is 2. The molecule has 0 radical (unpaired) electrons. The Labute approximate surface area is 192 Å². The topological polar surface area (TPSA) is 135 Å². The lowest BCUT2D eigenvalue weighted by Gasteiger charge is -2.21. The summed E-state index contributed by atoms with van der Waals surface area (Å²) in [5, 5.41) is 20.9. The summed E-state index contributed by atoms with van der Waals surface area (Å²) < 4.78 is 15.2. The number of carbonyl (C=O) groups is 2. The number of fused-ring (bicyclic) bond motifs is 1. The molecule has 172 valence electrons. The zero-order valence-electron chi connectivity index (χ0n) is 17.4. The number of benzene rings is 1. The van der Waals surface area contributed by atoms with E-state index >= 15 is 4.39 Å². The number of hydrogen-bond acceptors (Lipinski definition) is 7. The van der Waals surface area contributed by atoms with E-state index in [1.54, 1.807) is 23.5 Å². The Kier molecular flexibility index (Phi) is 6.52. The number of aliphatic hydroxyl groups is 1. The summed E-state index contributed by atoms with van der Waals surface area (Å²) in [6.07, 6.45) is 7.81. The Hall–Kier alpha value is -3.57. The van der Waals surface area contributed by atoms with Crippen molar-refractivity contribution in [2.24, 2.45) is 15.9 Å². The van der Waals surface area contributed by atoms with E-state index in [1.165, 1.54) is 6.20 Å². The highest BCUT2D eigenvalue weighted by atomic mass is 35.5. The highest BCUT2D eigenvalue weighted by molar-refractivity contribution is 6.34. The SMILES string of the molecule is C=N/C(=C\N1C=C(c2c(Cl)c(F)c(NC(=O)CCO)c3[nH]ncc23)N=CC1)NC(=O)C1CC1. The van der Waals surface area contributed by atoms with Gasteiger partial charge in [0, 0.05) is 35.5 Å². The molecule has 1 aliphatic carbocycles. The Balaban J connectivity index is 1.69. The first-order valence-electron chi connectivity index (χ1n) is 10.2. The summed E-state index contributed by atoms with van der Waals surface area (Å²) in [5.74, 6) is -1.24. The van der Waals surface area contributed by atoms with E-state index in [1.807, 2.05) is 0 Å². The Bertz CT molecular complexity index is 1220. The fraction of sp³-hybridized carbons (Fsp3) is 0.286. The zero-order valence-corrected chi connectivity index (χ0v) is 18.2. The van der Waals surface area contributed by atoms with Crippen molar-refractivity contribution in [3.8, 4) is 0 Å². The summed E-state index contributed by atoms with van der Waals surface area (Å²) in [5.41, 5.74) is 0.695. The van der Waals surface area contributed by atoms with Crippen molar-refractivity contribution in [1.29, 1.82) is 0 Å². The molecule has 0 spiro atoms. The van der Waals surface area contributed by atoms with Crippen LogP contribution in [0.4, 0.5) is 10.1 Å². The molecule has 1 saturated carbocycles. The standard InChI is InChI=1S/C21H21ClFN7O3/c1-24-14(27-21(33)11-2-3-11)10-30-6-5-25-13(9-30)16-12-8-26-29-19(12)20(18(23)17(16)22)28-15(32)4-7-31/h5,8-11,31H,1-4,6-7H2,(H,26,29)(H,27,33)(H,28,32)/b14-10+. The summed E-state index contributed by atoms with van der Waals surface area (Å²) in [4.78, 5) is 33.9. The third-order valence-electron chi connectivity index (χ3n) is 5.12. The molecule has 0 atom stereocenters. The highest BCUT2D eigenvalue weighted by Crippen LogP contribution is 2.40. The van der Waals surface area contributed by atoms with Gasteiger partial charge in [-0.15, -0.1) is 0 Å². The average Bonchev–Trinajstić information content (AvgIpc) is 3.55. The van der Waals surface area contributed by atoms with Crippen LogP contribution in [0.5, 0.6) is 0 Å². The van der Waals surface area contributed by atoms with Crippen LogP contribution in [-0.4, -0.2) is 58.1 Å². The lowest BCUT2D eigenvalue weighted by atomic mass is 10.0. The number of nitrogens with one attached hydrogen (secondary N) is 3. The largest absolute Gasteiger partial charge is 0.396 e. The minimum atomic E-state index is -0.858. The molecule has 1 aliphatic heterocycles. The number of aliphatic hydroxyl groups excluding tert-OH is 1. The van der Waals surface area contributed by atoms with Crippen molar-refractivity contribution in [1.82, 2.24) is 20.4 Å². The maximum Gasteiger partial charge on any atom is 0.228 e. The minimum absolute atomic E-state index is 0.0108. The van der Waals surface area contributed by atoms with E-state index < -0.39 is 11.7 Å². The van der Waals surface area contributed by atoms with E-state index in [9.17, 15) is 9.59 Å². The average molecular weight is 474 g/mol. The van der Waals surface area contributed by atoms with Gasteiger partial charge in [0.2, 0.25) is 11.8 Å². The molecule has 2 aromatic rings. The van der Waals surface area contributed by atoms with E-state index in [-0.39, 0.29) is 52.5 Å². The summed E-state index contributed by atoms with van der Waals surface area (Å²) in [6, 6.07) is 0. The highest BCUT2D eigenvalue weighted by Gasteiger charge is 2.30. The van der Waals surface area contributed by atoms with Gasteiger partial charge < -0.3 is 20.6 Å². The normalized spacial score (nSPS) is 16.0. The first-order chi connectivity index (χ1) is 15.9. The molecule has 2 aliphatic rings. The van der Waals surface area contributed by atoms with Crippen molar-refractivity contribution in [2.45, 2.75) is 19.3 Å². The summed E-state index contributed by atoms with van der Waals surface area (Å²) >= 11 is 6.37. The number of aliphatic imine (C=N–C) groups is 2. The Morgan fingerprint density at radius 1 is 1.45 bits per heavy atom. The van der Waals surface area contributed by atoms with Gasteiger partial charge in [-0.3, -0.25) is 19.7 Å². The smallest absolute Gasteiger partial charge is 0.228 e. The van der Waals surface area contributed by atoms with Gasteiger partial charge in [-0.05, 0) is 19.6 Å². The Morgan fingerprint density at radius 2 is 2.24 bits per heavy atom. The van der Waals surface area contributed by atoms with Crippen molar-refractivity contribution < 1.29 is 19.1 Å². The van der Waals surface area contributed by atoms with Crippen LogP contribution < -0.4 is 10.6 Å². The molecule has 12 heteroatoms. The fourth-order valence-electron chi connectivity index (χ4n) is 3.32. The van der Waals surface area contributed by atoms with Gasteiger partial charge >= 0.3 is 0 Å². The lowest BCUT2D eigenvalue weighted by molar-refractivity contribution is -0.121. The number of carbonyl (C=O) groups excluding carboxylic acids is 2.